The van der Waals surface area contributed by atoms with E-state index in [2.05, 4.69) is 19.0 Å². The fraction of sp³-hybridized carbons (Fsp3) is 1.00. The van der Waals surface area contributed by atoms with Crippen molar-refractivity contribution in [1.82, 2.24) is 4.90 Å². The van der Waals surface area contributed by atoms with Gasteiger partial charge in [-0.25, -0.2) is 0 Å². The first kappa shape index (κ1) is 13.4. The molecular formula is C15H29NO. The van der Waals surface area contributed by atoms with Crippen molar-refractivity contribution in [2.24, 2.45) is 5.92 Å². The van der Waals surface area contributed by atoms with Crippen molar-refractivity contribution in [1.29, 1.82) is 0 Å². The van der Waals surface area contributed by atoms with Crippen LogP contribution < -0.4 is 0 Å². The van der Waals surface area contributed by atoms with E-state index in [1.807, 2.05) is 0 Å². The van der Waals surface area contributed by atoms with Crippen molar-refractivity contribution in [3.63, 3.8) is 0 Å². The molecule has 0 aromatic heterocycles. The summed E-state index contributed by atoms with van der Waals surface area (Å²) >= 11 is 0. The van der Waals surface area contributed by atoms with E-state index < -0.39 is 0 Å². The minimum atomic E-state index is -0.0990. The van der Waals surface area contributed by atoms with E-state index in [0.717, 1.165) is 0 Å². The second kappa shape index (κ2) is 5.71. The summed E-state index contributed by atoms with van der Waals surface area (Å²) in [6, 6.07) is 0. The van der Waals surface area contributed by atoms with E-state index in [1.165, 1.54) is 64.2 Å². The zero-order chi connectivity index (χ0) is 12.3. The largest absolute Gasteiger partial charge is 0.391 e. The van der Waals surface area contributed by atoms with Gasteiger partial charge < -0.3 is 10.0 Å². The molecule has 2 aliphatic rings. The number of rotatable bonds is 3. The number of hydrogen-bond acceptors (Lipinski definition) is 2. The molecule has 0 bridgehead atoms. The van der Waals surface area contributed by atoms with Gasteiger partial charge in [-0.05, 0) is 45.7 Å². The normalized spacial score (nSPS) is 28.2. The maximum absolute atomic E-state index is 10.9. The van der Waals surface area contributed by atoms with Crippen molar-refractivity contribution in [2.75, 3.05) is 14.1 Å². The Morgan fingerprint density at radius 1 is 0.941 bits per heavy atom. The summed E-state index contributed by atoms with van der Waals surface area (Å²) in [5.41, 5.74) is 0.0923. The van der Waals surface area contributed by atoms with E-state index >= 15 is 0 Å². The van der Waals surface area contributed by atoms with Gasteiger partial charge >= 0.3 is 0 Å². The van der Waals surface area contributed by atoms with Crippen LogP contribution in [-0.2, 0) is 0 Å². The molecule has 0 aromatic carbocycles. The summed E-state index contributed by atoms with van der Waals surface area (Å²) in [5.74, 6) is 0.554. The molecule has 0 amide bonds. The van der Waals surface area contributed by atoms with Gasteiger partial charge in [0.15, 0.2) is 0 Å². The van der Waals surface area contributed by atoms with Crippen molar-refractivity contribution in [3.8, 4) is 0 Å². The van der Waals surface area contributed by atoms with Gasteiger partial charge in [0.1, 0.15) is 0 Å². The van der Waals surface area contributed by atoms with E-state index in [9.17, 15) is 5.11 Å². The van der Waals surface area contributed by atoms with E-state index in [1.54, 1.807) is 0 Å². The Bertz CT molecular complexity index is 225. The molecule has 100 valence electrons. The average molecular weight is 239 g/mol. The third-order valence-corrected chi connectivity index (χ3v) is 5.26. The van der Waals surface area contributed by atoms with Crippen LogP contribution in [-0.4, -0.2) is 35.7 Å². The van der Waals surface area contributed by atoms with Crippen LogP contribution in [0.4, 0.5) is 0 Å². The fourth-order valence-corrected chi connectivity index (χ4v) is 4.06. The highest BCUT2D eigenvalue weighted by Crippen LogP contribution is 2.41. The molecule has 2 heteroatoms. The molecule has 0 heterocycles. The molecule has 0 spiro atoms. The molecule has 17 heavy (non-hydrogen) atoms. The van der Waals surface area contributed by atoms with Gasteiger partial charge in [0.25, 0.3) is 0 Å². The molecule has 2 saturated carbocycles. The molecule has 2 nitrogen and oxygen atoms in total. The number of aliphatic hydroxyl groups is 1. The summed E-state index contributed by atoms with van der Waals surface area (Å²) in [6.07, 6.45) is 12.8. The molecule has 1 unspecified atom stereocenters. The fourth-order valence-electron chi connectivity index (χ4n) is 4.06. The Morgan fingerprint density at radius 2 is 1.47 bits per heavy atom. The van der Waals surface area contributed by atoms with Crippen molar-refractivity contribution < 1.29 is 5.11 Å². The summed E-state index contributed by atoms with van der Waals surface area (Å²) in [6.45, 7) is 0. The molecule has 2 aliphatic carbocycles. The molecule has 0 saturated heterocycles. The zero-order valence-corrected chi connectivity index (χ0v) is 11.6. The lowest BCUT2D eigenvalue weighted by molar-refractivity contribution is -0.0424. The van der Waals surface area contributed by atoms with Gasteiger partial charge in [0, 0.05) is 5.54 Å². The molecular weight excluding hydrogens is 210 g/mol. The number of nitrogens with zero attached hydrogens (tertiary/aromatic N) is 1. The lowest BCUT2D eigenvalue weighted by Crippen LogP contribution is -2.54. The lowest BCUT2D eigenvalue weighted by atomic mass is 9.78. The number of hydrogen-bond donors (Lipinski definition) is 1. The lowest BCUT2D eigenvalue weighted by Gasteiger charge is -2.44. The average Bonchev–Trinajstić information content (AvgIpc) is 2.66. The van der Waals surface area contributed by atoms with Crippen molar-refractivity contribution in [3.05, 3.63) is 0 Å². The third kappa shape index (κ3) is 2.68. The minimum absolute atomic E-state index is 0.0923. The summed E-state index contributed by atoms with van der Waals surface area (Å²) in [4.78, 5) is 2.32. The molecule has 0 aliphatic heterocycles. The van der Waals surface area contributed by atoms with Gasteiger partial charge in [-0.15, -0.1) is 0 Å². The van der Waals surface area contributed by atoms with Gasteiger partial charge in [-0.1, -0.05) is 38.5 Å². The Morgan fingerprint density at radius 3 is 1.94 bits per heavy atom. The topological polar surface area (TPSA) is 23.5 Å². The highest BCUT2D eigenvalue weighted by molar-refractivity contribution is 5.00. The van der Waals surface area contributed by atoms with E-state index in [4.69, 9.17) is 0 Å². The monoisotopic (exact) mass is 239 g/mol. The van der Waals surface area contributed by atoms with Gasteiger partial charge in [-0.2, -0.15) is 0 Å². The van der Waals surface area contributed by atoms with Gasteiger partial charge in [0.05, 0.1) is 6.10 Å². The number of likely N-dealkylation sites (N-methyl/N-ethyl adjacent to an activating group) is 1. The second-order valence-electron chi connectivity index (χ2n) is 6.40. The molecule has 2 rings (SSSR count). The smallest absolute Gasteiger partial charge is 0.0751 e. The molecule has 1 atom stereocenters. The van der Waals surface area contributed by atoms with Crippen LogP contribution in [0.15, 0.2) is 0 Å². The summed E-state index contributed by atoms with van der Waals surface area (Å²) in [5, 5.41) is 10.9. The van der Waals surface area contributed by atoms with Crippen LogP contribution in [0.5, 0.6) is 0 Å². The van der Waals surface area contributed by atoms with Gasteiger partial charge in [0.2, 0.25) is 0 Å². The summed E-state index contributed by atoms with van der Waals surface area (Å²) < 4.78 is 0. The van der Waals surface area contributed by atoms with Crippen molar-refractivity contribution in [2.45, 2.75) is 75.9 Å². The predicted molar refractivity (Wildman–Crippen MR) is 72.1 cm³/mol. The quantitative estimate of drug-likeness (QED) is 0.765. The van der Waals surface area contributed by atoms with Crippen LogP contribution in [0.2, 0.25) is 0 Å². The Labute approximate surface area is 106 Å². The van der Waals surface area contributed by atoms with Crippen LogP contribution in [0.1, 0.15) is 64.2 Å². The highest BCUT2D eigenvalue weighted by Gasteiger charge is 2.45. The molecule has 0 aromatic rings. The molecule has 0 radical (unpaired) electrons. The molecule has 2 fully saturated rings. The second-order valence-corrected chi connectivity index (χ2v) is 6.40. The maximum Gasteiger partial charge on any atom is 0.0751 e. The summed E-state index contributed by atoms with van der Waals surface area (Å²) in [7, 11) is 4.32. The van der Waals surface area contributed by atoms with Crippen LogP contribution in [0.25, 0.3) is 0 Å². The first-order valence-electron chi connectivity index (χ1n) is 7.52. The maximum atomic E-state index is 10.9. The Kier molecular flexibility index (Phi) is 4.48. The SMILES string of the molecule is CN(C)C1(C(O)C2CCCCCC2)CCCC1. The van der Waals surface area contributed by atoms with E-state index in [0.29, 0.717) is 5.92 Å². The van der Waals surface area contributed by atoms with Crippen LogP contribution >= 0.6 is 0 Å². The van der Waals surface area contributed by atoms with Crippen molar-refractivity contribution >= 4 is 0 Å². The van der Waals surface area contributed by atoms with Crippen LogP contribution in [0, 0.1) is 5.92 Å². The molecule has 1 N–H and O–H groups in total. The third-order valence-electron chi connectivity index (χ3n) is 5.26. The highest BCUT2D eigenvalue weighted by atomic mass is 16.3. The Hall–Kier alpha value is -0.0800. The first-order valence-corrected chi connectivity index (χ1v) is 7.52. The number of aliphatic hydroxyl groups excluding tert-OH is 1. The zero-order valence-electron chi connectivity index (χ0n) is 11.6. The van der Waals surface area contributed by atoms with Crippen LogP contribution in [0.3, 0.4) is 0 Å². The standard InChI is InChI=1S/C15H29NO/c1-16(2)15(11-7-8-12-15)14(17)13-9-5-3-4-6-10-13/h13-14,17H,3-12H2,1-2H3. The minimum Gasteiger partial charge on any atom is -0.391 e. The predicted octanol–water partition coefficient (Wildman–Crippen LogP) is 3.19. The van der Waals surface area contributed by atoms with Gasteiger partial charge in [-0.3, -0.25) is 0 Å². The Balaban J connectivity index is 2.07. The first-order chi connectivity index (χ1) is 8.17. The van der Waals surface area contributed by atoms with E-state index in [-0.39, 0.29) is 11.6 Å².